The van der Waals surface area contributed by atoms with Crippen LogP contribution in [0.25, 0.3) is 0 Å². The van der Waals surface area contributed by atoms with Gasteiger partial charge in [0.1, 0.15) is 5.75 Å². The molecular weight excluding hydrogens is 288 g/mol. The second-order valence-corrected chi connectivity index (χ2v) is 4.72. The molecule has 0 heterocycles. The molecule has 0 fully saturated rings. The summed E-state index contributed by atoms with van der Waals surface area (Å²) in [6, 6.07) is 5.27. The number of ether oxygens (including phenoxy) is 1. The Bertz CT molecular complexity index is 544. The highest BCUT2D eigenvalue weighted by Gasteiger charge is 2.21. The highest BCUT2D eigenvalue weighted by atomic mass is 16.5. The number of rotatable bonds is 6. The minimum Gasteiger partial charge on any atom is -0.497 e. The first-order valence-corrected chi connectivity index (χ1v) is 6.58. The maximum atomic E-state index is 11.9. The van der Waals surface area contributed by atoms with Gasteiger partial charge in [-0.05, 0) is 38.2 Å². The van der Waals surface area contributed by atoms with Crippen molar-refractivity contribution in [3.8, 4) is 5.75 Å². The van der Waals surface area contributed by atoms with E-state index in [2.05, 4.69) is 5.32 Å². The molecule has 0 aliphatic rings. The molecule has 1 aromatic carbocycles. The number of hydrogen-bond acceptors (Lipinski definition) is 5. The van der Waals surface area contributed by atoms with Crippen molar-refractivity contribution in [1.82, 2.24) is 10.2 Å². The average Bonchev–Trinajstić information content (AvgIpc) is 2.46. The molecule has 0 saturated heterocycles. The van der Waals surface area contributed by atoms with Gasteiger partial charge in [-0.15, -0.1) is 0 Å². The summed E-state index contributed by atoms with van der Waals surface area (Å²) < 4.78 is 5.03. The van der Waals surface area contributed by atoms with Gasteiger partial charge in [-0.25, -0.2) is 4.79 Å². The summed E-state index contributed by atoms with van der Waals surface area (Å²) in [5.41, 5.74) is 5.50. The molecule has 0 aliphatic carbocycles. The van der Waals surface area contributed by atoms with Crippen molar-refractivity contribution in [3.63, 3.8) is 0 Å². The number of benzene rings is 1. The number of primary amides is 1. The fourth-order valence-electron chi connectivity index (χ4n) is 1.66. The lowest BCUT2D eigenvalue weighted by molar-refractivity contribution is -0.125. The lowest BCUT2D eigenvalue weighted by Crippen LogP contribution is -2.48. The van der Waals surface area contributed by atoms with Gasteiger partial charge >= 0.3 is 6.03 Å². The van der Waals surface area contributed by atoms with Gasteiger partial charge in [0.2, 0.25) is 11.8 Å². The average molecular weight is 308 g/mol. The number of methoxy groups -OCH3 is 1. The van der Waals surface area contributed by atoms with Crippen molar-refractivity contribution in [2.45, 2.75) is 13.0 Å². The quantitative estimate of drug-likeness (QED) is 0.692. The van der Waals surface area contributed by atoms with Crippen LogP contribution in [0.4, 0.5) is 10.5 Å². The van der Waals surface area contributed by atoms with E-state index < -0.39 is 18.0 Å². The zero-order valence-corrected chi connectivity index (χ0v) is 12.8. The van der Waals surface area contributed by atoms with Gasteiger partial charge < -0.3 is 15.8 Å². The number of amides is 4. The second kappa shape index (κ2) is 7.99. The summed E-state index contributed by atoms with van der Waals surface area (Å²) in [5.74, 6) is -0.162. The molecule has 0 bridgehead atoms. The van der Waals surface area contributed by atoms with Crippen molar-refractivity contribution in [2.24, 2.45) is 5.73 Å². The van der Waals surface area contributed by atoms with Crippen molar-refractivity contribution < 1.29 is 19.1 Å². The monoisotopic (exact) mass is 308 g/mol. The minimum absolute atomic E-state index is 0.0145. The van der Waals surface area contributed by atoms with Gasteiger partial charge in [0, 0.05) is 5.69 Å². The van der Waals surface area contributed by atoms with Crippen LogP contribution in [-0.2, 0) is 9.59 Å². The molecule has 120 valence electrons. The normalized spacial score (nSPS) is 11.6. The van der Waals surface area contributed by atoms with E-state index in [1.165, 1.54) is 4.90 Å². The highest BCUT2D eigenvalue weighted by molar-refractivity contribution is 5.97. The molecule has 22 heavy (non-hydrogen) atoms. The summed E-state index contributed by atoms with van der Waals surface area (Å²) in [6.07, 6.45) is 0. The molecule has 4 N–H and O–H groups in total. The van der Waals surface area contributed by atoms with Crippen LogP contribution in [0.3, 0.4) is 0 Å². The van der Waals surface area contributed by atoms with Crippen LogP contribution in [0, 0.1) is 0 Å². The van der Waals surface area contributed by atoms with E-state index in [1.54, 1.807) is 45.3 Å². The predicted octanol–water partition coefficient (Wildman–Crippen LogP) is 0.149. The molecule has 4 amide bonds. The molecule has 0 aromatic heterocycles. The van der Waals surface area contributed by atoms with E-state index in [0.717, 1.165) is 0 Å². The lowest BCUT2D eigenvalue weighted by atomic mass is 10.2. The summed E-state index contributed by atoms with van der Waals surface area (Å²) in [6.45, 7) is 1.55. The number of imide groups is 1. The number of nitrogens with zero attached hydrogens (tertiary/aromatic N) is 1. The van der Waals surface area contributed by atoms with Crippen LogP contribution in [0.1, 0.15) is 6.92 Å². The third kappa shape index (κ3) is 5.41. The summed E-state index contributed by atoms with van der Waals surface area (Å²) in [5, 5.41) is 4.67. The number of nitrogens with two attached hydrogens (primary N) is 1. The molecule has 8 nitrogen and oxygen atoms in total. The molecule has 0 aliphatic heterocycles. The molecule has 8 heteroatoms. The maximum absolute atomic E-state index is 11.9. The Labute approximate surface area is 128 Å². The first kappa shape index (κ1) is 17.4. The van der Waals surface area contributed by atoms with Gasteiger partial charge in [-0.2, -0.15) is 0 Å². The van der Waals surface area contributed by atoms with Crippen molar-refractivity contribution in [1.29, 1.82) is 0 Å². The fraction of sp³-hybridized carbons (Fsp3) is 0.357. The molecule has 0 saturated carbocycles. The smallest absolute Gasteiger partial charge is 0.318 e. The molecule has 1 aromatic rings. The molecule has 0 radical (unpaired) electrons. The maximum Gasteiger partial charge on any atom is 0.318 e. The Hall–Kier alpha value is -2.61. The van der Waals surface area contributed by atoms with E-state index in [0.29, 0.717) is 11.4 Å². The first-order valence-electron chi connectivity index (χ1n) is 6.58. The van der Waals surface area contributed by atoms with Crippen LogP contribution < -0.4 is 21.1 Å². The summed E-state index contributed by atoms with van der Waals surface area (Å²) in [7, 11) is 3.15. The second-order valence-electron chi connectivity index (χ2n) is 4.72. The van der Waals surface area contributed by atoms with E-state index in [-0.39, 0.29) is 12.5 Å². The number of urea groups is 1. The van der Waals surface area contributed by atoms with Crippen molar-refractivity contribution in [3.05, 3.63) is 24.3 Å². The largest absolute Gasteiger partial charge is 0.497 e. The number of carbonyl (C=O) groups is 3. The predicted molar refractivity (Wildman–Crippen MR) is 81.4 cm³/mol. The van der Waals surface area contributed by atoms with Crippen molar-refractivity contribution in [2.75, 3.05) is 26.0 Å². The molecule has 1 rings (SSSR count). The van der Waals surface area contributed by atoms with Crippen LogP contribution >= 0.6 is 0 Å². The minimum atomic E-state index is -0.923. The number of nitrogens with one attached hydrogen (secondary N) is 2. The fourth-order valence-corrected chi connectivity index (χ4v) is 1.66. The Morgan fingerprint density at radius 1 is 1.27 bits per heavy atom. The highest BCUT2D eigenvalue weighted by Crippen LogP contribution is 2.14. The number of likely N-dealkylation sites (N-methyl/N-ethyl adjacent to an activating group) is 1. The standard InChI is InChI=1S/C14H20N4O4/c1-9(13(20)17-14(15)21)18(2)8-12(19)16-10-4-6-11(22-3)7-5-10/h4-7,9H,8H2,1-3H3,(H,16,19)(H3,15,17,20,21)/t9-/m1/s1. The van der Waals surface area contributed by atoms with Gasteiger partial charge in [0.25, 0.3) is 0 Å². The van der Waals surface area contributed by atoms with Crippen molar-refractivity contribution >= 4 is 23.5 Å². The van der Waals surface area contributed by atoms with Gasteiger partial charge in [-0.3, -0.25) is 19.8 Å². The van der Waals surface area contributed by atoms with Crippen LogP contribution in [0.15, 0.2) is 24.3 Å². The SMILES string of the molecule is COc1ccc(NC(=O)CN(C)[C@H](C)C(=O)NC(N)=O)cc1. The van der Waals surface area contributed by atoms with Crippen LogP contribution in [0.2, 0.25) is 0 Å². The third-order valence-corrected chi connectivity index (χ3v) is 3.05. The summed E-state index contributed by atoms with van der Waals surface area (Å²) >= 11 is 0. The van der Waals surface area contributed by atoms with Gasteiger partial charge in [-0.1, -0.05) is 0 Å². The number of carbonyl (C=O) groups excluding carboxylic acids is 3. The van der Waals surface area contributed by atoms with Crippen LogP contribution in [-0.4, -0.2) is 49.5 Å². The van der Waals surface area contributed by atoms with E-state index >= 15 is 0 Å². The Morgan fingerprint density at radius 2 is 1.86 bits per heavy atom. The summed E-state index contributed by atoms with van der Waals surface area (Å²) in [4.78, 5) is 35.7. The first-order chi connectivity index (χ1) is 10.3. The number of anilines is 1. The van der Waals surface area contributed by atoms with Gasteiger partial charge in [0.05, 0.1) is 19.7 Å². The Morgan fingerprint density at radius 3 is 2.36 bits per heavy atom. The Kier molecular flexibility index (Phi) is 6.33. The zero-order valence-electron chi connectivity index (χ0n) is 12.8. The lowest BCUT2D eigenvalue weighted by Gasteiger charge is -2.22. The van der Waals surface area contributed by atoms with E-state index in [9.17, 15) is 14.4 Å². The van der Waals surface area contributed by atoms with Crippen LogP contribution in [0.5, 0.6) is 5.75 Å². The molecule has 0 spiro atoms. The van der Waals surface area contributed by atoms with E-state index in [4.69, 9.17) is 10.5 Å². The molecule has 0 unspecified atom stereocenters. The third-order valence-electron chi connectivity index (χ3n) is 3.05. The molecular formula is C14H20N4O4. The Balaban J connectivity index is 2.52. The number of hydrogen-bond donors (Lipinski definition) is 3. The zero-order chi connectivity index (χ0) is 16.7. The molecule has 1 atom stereocenters. The van der Waals surface area contributed by atoms with Gasteiger partial charge in [0.15, 0.2) is 0 Å². The van der Waals surface area contributed by atoms with E-state index in [1.807, 2.05) is 5.32 Å². The topological polar surface area (TPSA) is 114 Å².